The number of phenols is 1. The highest BCUT2D eigenvalue weighted by Gasteiger charge is 2.26. The Morgan fingerprint density at radius 2 is 1.45 bits per heavy atom. The van der Waals surface area contributed by atoms with Gasteiger partial charge in [0.2, 0.25) is 5.91 Å². The van der Waals surface area contributed by atoms with E-state index in [0.717, 1.165) is 21.4 Å². The molecule has 0 bridgehead atoms. The predicted molar refractivity (Wildman–Crippen MR) is 123 cm³/mol. The number of aromatic nitrogens is 2. The average Bonchev–Trinajstić information content (AvgIpc) is 2.68. The molecule has 0 aliphatic heterocycles. The van der Waals surface area contributed by atoms with Gasteiger partial charge >= 0.3 is 0 Å². The summed E-state index contributed by atoms with van der Waals surface area (Å²) in [6.45, 7) is 12.2. The zero-order valence-corrected chi connectivity index (χ0v) is 19.0. The Kier molecular flexibility index (Phi) is 5.70. The van der Waals surface area contributed by atoms with Gasteiger partial charge < -0.3 is 5.11 Å². The van der Waals surface area contributed by atoms with Crippen molar-refractivity contribution in [2.24, 2.45) is 0 Å². The Morgan fingerprint density at radius 3 is 1.97 bits per heavy atom. The summed E-state index contributed by atoms with van der Waals surface area (Å²) >= 11 is 0. The van der Waals surface area contributed by atoms with Crippen LogP contribution in [0.2, 0.25) is 0 Å². The number of aromatic amines is 1. The van der Waals surface area contributed by atoms with Crippen molar-refractivity contribution >= 4 is 16.7 Å². The predicted octanol–water partition coefficient (Wildman–Crippen LogP) is 4.26. The molecule has 31 heavy (non-hydrogen) atoms. The molecule has 3 rings (SSSR count). The van der Waals surface area contributed by atoms with Gasteiger partial charge in [0.1, 0.15) is 5.75 Å². The van der Waals surface area contributed by atoms with Gasteiger partial charge in [-0.1, -0.05) is 65.8 Å². The van der Waals surface area contributed by atoms with Crippen molar-refractivity contribution < 1.29 is 9.90 Å². The molecule has 3 aromatic rings. The molecule has 6 heteroatoms. The maximum absolute atomic E-state index is 12.8. The topological polar surface area (TPSA) is 92.2 Å². The van der Waals surface area contributed by atoms with Crippen LogP contribution < -0.4 is 11.1 Å². The zero-order chi connectivity index (χ0) is 23.1. The number of aryl methyl sites for hydroxylation is 1. The first-order valence-electron chi connectivity index (χ1n) is 10.4. The minimum absolute atomic E-state index is 0.0477. The smallest absolute Gasteiger partial charge is 0.280 e. The minimum Gasteiger partial charge on any atom is -0.507 e. The molecule has 0 atom stereocenters. The van der Waals surface area contributed by atoms with Gasteiger partial charge in [-0.15, -0.1) is 0 Å². The molecule has 1 aromatic heterocycles. The number of phenolic OH excluding ortho intramolecular Hbond substituents is 1. The van der Waals surface area contributed by atoms with Gasteiger partial charge in [0.25, 0.3) is 11.1 Å². The second-order valence-corrected chi connectivity index (χ2v) is 10.1. The largest absolute Gasteiger partial charge is 0.507 e. The molecule has 2 aromatic carbocycles. The fourth-order valence-electron chi connectivity index (χ4n) is 3.72. The van der Waals surface area contributed by atoms with E-state index >= 15 is 0 Å². The number of fused-ring (bicyclic) bond motifs is 1. The second-order valence-electron chi connectivity index (χ2n) is 10.1. The third-order valence-corrected chi connectivity index (χ3v) is 5.48. The van der Waals surface area contributed by atoms with Gasteiger partial charge in [-0.25, -0.2) is 0 Å². The number of hydrogen-bond donors (Lipinski definition) is 2. The van der Waals surface area contributed by atoms with E-state index in [2.05, 4.69) is 5.10 Å². The standard InChI is InChI=1S/C25H30N2O4/c1-24(2,3)18-13-15(14-19(21(18)29)25(4,5)6)11-12-20(28)27-23(31)17-10-8-7-9-16(17)22(30)26-27/h7-10,13-14,29H,11-12H2,1-6H3,(H,26,30). The molecule has 0 unspecified atom stereocenters. The van der Waals surface area contributed by atoms with Gasteiger partial charge in [0.05, 0.1) is 10.8 Å². The van der Waals surface area contributed by atoms with Gasteiger partial charge in [0, 0.05) is 6.42 Å². The summed E-state index contributed by atoms with van der Waals surface area (Å²) in [6, 6.07) is 10.3. The Balaban J connectivity index is 1.97. The minimum atomic E-state index is -0.531. The van der Waals surface area contributed by atoms with Crippen LogP contribution in [-0.4, -0.2) is 20.8 Å². The lowest BCUT2D eigenvalue weighted by Crippen LogP contribution is -2.34. The molecule has 0 spiro atoms. The third kappa shape index (κ3) is 4.48. The van der Waals surface area contributed by atoms with Crippen LogP contribution in [0.3, 0.4) is 0 Å². The van der Waals surface area contributed by atoms with E-state index < -0.39 is 17.0 Å². The van der Waals surface area contributed by atoms with Crippen molar-refractivity contribution in [2.45, 2.75) is 65.2 Å². The highest BCUT2D eigenvalue weighted by molar-refractivity contribution is 5.84. The molecular formula is C25H30N2O4. The molecule has 0 aliphatic carbocycles. The first-order chi connectivity index (χ1) is 14.3. The van der Waals surface area contributed by atoms with Crippen molar-refractivity contribution in [2.75, 3.05) is 0 Å². The Bertz CT molecular complexity index is 1230. The van der Waals surface area contributed by atoms with Crippen LogP contribution in [0.4, 0.5) is 0 Å². The molecule has 1 heterocycles. The first-order valence-corrected chi connectivity index (χ1v) is 10.4. The van der Waals surface area contributed by atoms with Gasteiger partial charge in [0.15, 0.2) is 0 Å². The van der Waals surface area contributed by atoms with Crippen molar-refractivity contribution in [3.63, 3.8) is 0 Å². The lowest BCUT2D eigenvalue weighted by atomic mass is 9.78. The lowest BCUT2D eigenvalue weighted by molar-refractivity contribution is 0.0880. The highest BCUT2D eigenvalue weighted by atomic mass is 16.3. The third-order valence-electron chi connectivity index (χ3n) is 5.48. The number of carbonyl (C=O) groups excluding carboxylic acids is 1. The van der Waals surface area contributed by atoms with Crippen molar-refractivity contribution in [1.29, 1.82) is 0 Å². The van der Waals surface area contributed by atoms with Crippen LogP contribution in [-0.2, 0) is 17.3 Å². The monoisotopic (exact) mass is 422 g/mol. The summed E-state index contributed by atoms with van der Waals surface area (Å²) in [5, 5.41) is 13.7. The lowest BCUT2D eigenvalue weighted by Gasteiger charge is -2.28. The molecule has 0 radical (unpaired) electrons. The number of benzene rings is 2. The van der Waals surface area contributed by atoms with Crippen LogP contribution in [0.25, 0.3) is 10.8 Å². The summed E-state index contributed by atoms with van der Waals surface area (Å²) in [7, 11) is 0. The summed E-state index contributed by atoms with van der Waals surface area (Å²) in [5.41, 5.74) is 0.985. The summed E-state index contributed by atoms with van der Waals surface area (Å²) in [4.78, 5) is 37.8. The summed E-state index contributed by atoms with van der Waals surface area (Å²) < 4.78 is 0.806. The normalized spacial score (nSPS) is 12.3. The molecule has 2 N–H and O–H groups in total. The Morgan fingerprint density at radius 1 is 0.935 bits per heavy atom. The Hall–Kier alpha value is -3.15. The SMILES string of the molecule is CC(C)(C)c1cc(CCC(=O)n2[nH]c(=O)c3ccccc3c2=O)cc(C(C)(C)C)c1O. The van der Waals surface area contributed by atoms with E-state index in [-0.39, 0.29) is 33.8 Å². The molecule has 0 saturated heterocycles. The van der Waals surface area contributed by atoms with Gasteiger partial charge in [-0.2, -0.15) is 4.68 Å². The fourth-order valence-corrected chi connectivity index (χ4v) is 3.72. The number of carbonyl (C=O) groups is 1. The fraction of sp³-hybridized carbons (Fsp3) is 0.400. The number of nitrogens with one attached hydrogen (secondary N) is 1. The highest BCUT2D eigenvalue weighted by Crippen LogP contribution is 2.39. The number of aromatic hydroxyl groups is 1. The number of rotatable bonds is 3. The number of H-pyrrole nitrogens is 1. The van der Waals surface area contributed by atoms with Gasteiger partial charge in [-0.05, 0) is 46.1 Å². The molecule has 0 aliphatic rings. The molecule has 0 amide bonds. The molecule has 6 nitrogen and oxygen atoms in total. The van der Waals surface area contributed by atoms with E-state index in [1.807, 2.05) is 53.7 Å². The van der Waals surface area contributed by atoms with Crippen molar-refractivity contribution in [3.05, 3.63) is 73.8 Å². The summed E-state index contributed by atoms with van der Waals surface area (Å²) in [5.74, 6) is -0.194. The van der Waals surface area contributed by atoms with Crippen molar-refractivity contribution in [3.8, 4) is 5.75 Å². The number of hydrogen-bond acceptors (Lipinski definition) is 4. The van der Waals surface area contributed by atoms with Crippen LogP contribution in [0.1, 0.15) is 69.4 Å². The molecular weight excluding hydrogens is 392 g/mol. The van der Waals surface area contributed by atoms with Crippen LogP contribution in [0, 0.1) is 0 Å². The average molecular weight is 423 g/mol. The van der Waals surface area contributed by atoms with E-state index in [1.54, 1.807) is 24.3 Å². The van der Waals surface area contributed by atoms with E-state index in [1.165, 1.54) is 0 Å². The zero-order valence-electron chi connectivity index (χ0n) is 19.0. The van der Waals surface area contributed by atoms with Gasteiger partial charge in [-0.3, -0.25) is 19.5 Å². The first kappa shape index (κ1) is 22.5. The van der Waals surface area contributed by atoms with Crippen LogP contribution in [0.15, 0.2) is 46.0 Å². The van der Waals surface area contributed by atoms with Crippen molar-refractivity contribution in [1.82, 2.24) is 9.78 Å². The molecule has 164 valence electrons. The maximum Gasteiger partial charge on any atom is 0.280 e. The molecule has 0 fully saturated rings. The molecule has 0 saturated carbocycles. The summed E-state index contributed by atoms with van der Waals surface area (Å²) in [6.07, 6.45) is 0.429. The second kappa shape index (κ2) is 7.84. The van der Waals surface area contributed by atoms with Crippen LogP contribution in [0.5, 0.6) is 5.75 Å². The van der Waals surface area contributed by atoms with E-state index in [4.69, 9.17) is 0 Å². The Labute approximate surface area is 181 Å². The van der Waals surface area contributed by atoms with E-state index in [0.29, 0.717) is 6.42 Å². The van der Waals surface area contributed by atoms with E-state index in [9.17, 15) is 19.5 Å². The number of nitrogens with zero attached hydrogens (tertiary/aromatic N) is 1. The maximum atomic E-state index is 12.8. The van der Waals surface area contributed by atoms with Crippen LogP contribution >= 0.6 is 0 Å². The quantitative estimate of drug-likeness (QED) is 0.660.